The van der Waals surface area contributed by atoms with Crippen LogP contribution in [0.5, 0.6) is 0 Å². The van der Waals surface area contributed by atoms with Crippen LogP contribution in [0.3, 0.4) is 0 Å². The van der Waals surface area contributed by atoms with E-state index < -0.39 is 6.23 Å². The molecule has 4 heteroatoms. The molecule has 0 aromatic rings. The fourth-order valence-electron chi connectivity index (χ4n) is 2.58. The minimum Gasteiger partial charge on any atom is -0.379 e. The molecule has 2 atom stereocenters. The summed E-state index contributed by atoms with van der Waals surface area (Å²) in [5.41, 5.74) is 0. The van der Waals surface area contributed by atoms with Crippen molar-refractivity contribution in [2.45, 2.75) is 77.5 Å². The first-order valence-corrected chi connectivity index (χ1v) is 7.92. The summed E-state index contributed by atoms with van der Waals surface area (Å²) in [5, 5.41) is 12.5. The van der Waals surface area contributed by atoms with Gasteiger partial charge in [0.05, 0.1) is 6.04 Å². The molecule has 1 aliphatic heterocycles. The van der Waals surface area contributed by atoms with Gasteiger partial charge in [0.15, 0.2) is 0 Å². The molecule has 1 aliphatic rings. The Morgan fingerprint density at radius 1 is 1.11 bits per heavy atom. The fraction of sp³-hybridized carbons (Fsp3) is 0.933. The maximum Gasteiger partial charge on any atom is 0.239 e. The van der Waals surface area contributed by atoms with Gasteiger partial charge >= 0.3 is 0 Å². The molecule has 1 fully saturated rings. The lowest BCUT2D eigenvalue weighted by molar-refractivity contribution is -0.133. The van der Waals surface area contributed by atoms with Gasteiger partial charge in [0.1, 0.15) is 6.23 Å². The van der Waals surface area contributed by atoms with Gasteiger partial charge in [-0.25, -0.2) is 0 Å². The number of aliphatic hydroxyl groups is 1. The lowest BCUT2D eigenvalue weighted by atomic mass is 10.1. The average molecular weight is 270 g/mol. The number of rotatable bonds is 9. The third-order valence-electron chi connectivity index (χ3n) is 3.80. The summed E-state index contributed by atoms with van der Waals surface area (Å²) in [6, 6.07) is -0.168. The second-order valence-electron chi connectivity index (χ2n) is 5.55. The van der Waals surface area contributed by atoms with Crippen molar-refractivity contribution >= 4 is 5.91 Å². The zero-order valence-electron chi connectivity index (χ0n) is 12.5. The van der Waals surface area contributed by atoms with Crippen LogP contribution in [0.2, 0.25) is 0 Å². The Labute approximate surface area is 117 Å². The molecule has 1 rings (SSSR count). The molecule has 19 heavy (non-hydrogen) atoms. The molecule has 1 heterocycles. The van der Waals surface area contributed by atoms with E-state index in [4.69, 9.17) is 0 Å². The minimum absolute atomic E-state index is 0.168. The van der Waals surface area contributed by atoms with Crippen LogP contribution in [0.1, 0.15) is 65.2 Å². The van der Waals surface area contributed by atoms with E-state index in [9.17, 15) is 9.90 Å². The van der Waals surface area contributed by atoms with Crippen LogP contribution >= 0.6 is 0 Å². The molecular weight excluding hydrogens is 240 g/mol. The summed E-state index contributed by atoms with van der Waals surface area (Å²) in [5.74, 6) is 0.184. The van der Waals surface area contributed by atoms with Crippen molar-refractivity contribution < 1.29 is 9.90 Å². The summed E-state index contributed by atoms with van der Waals surface area (Å²) in [6.45, 7) is 6.09. The Kier molecular flexibility index (Phi) is 8.07. The summed E-state index contributed by atoms with van der Waals surface area (Å²) >= 11 is 0. The molecule has 0 spiro atoms. The first kappa shape index (κ1) is 16.4. The lowest BCUT2D eigenvalue weighted by Gasteiger charge is -2.26. The fourth-order valence-corrected chi connectivity index (χ4v) is 2.58. The Hall–Kier alpha value is -0.610. The molecule has 0 aromatic heterocycles. The highest BCUT2D eigenvalue weighted by molar-refractivity contribution is 5.82. The van der Waals surface area contributed by atoms with Gasteiger partial charge in [0.2, 0.25) is 5.91 Å². The van der Waals surface area contributed by atoms with E-state index in [2.05, 4.69) is 19.2 Å². The van der Waals surface area contributed by atoms with E-state index in [0.29, 0.717) is 6.42 Å². The predicted octanol–water partition coefficient (Wildman–Crippen LogP) is 2.27. The van der Waals surface area contributed by atoms with Crippen LogP contribution in [0, 0.1) is 0 Å². The van der Waals surface area contributed by atoms with Crippen LogP contribution in [0.15, 0.2) is 0 Å². The number of nitrogens with one attached hydrogen (secondary N) is 1. The highest BCUT2D eigenvalue weighted by atomic mass is 16.3. The third kappa shape index (κ3) is 5.91. The van der Waals surface area contributed by atoms with Gasteiger partial charge in [-0.2, -0.15) is 0 Å². The monoisotopic (exact) mass is 270 g/mol. The molecule has 1 saturated heterocycles. The molecule has 0 saturated carbocycles. The zero-order valence-corrected chi connectivity index (χ0v) is 12.5. The number of carbonyl (C=O) groups is 1. The number of hydrogen-bond donors (Lipinski definition) is 2. The van der Waals surface area contributed by atoms with Gasteiger partial charge in [-0.1, -0.05) is 39.5 Å². The average Bonchev–Trinajstić information content (AvgIpc) is 2.83. The van der Waals surface area contributed by atoms with Crippen LogP contribution < -0.4 is 5.32 Å². The Bertz CT molecular complexity index is 249. The Morgan fingerprint density at radius 2 is 1.68 bits per heavy atom. The van der Waals surface area contributed by atoms with E-state index in [1.807, 2.05) is 4.90 Å². The third-order valence-corrected chi connectivity index (χ3v) is 3.80. The van der Waals surface area contributed by atoms with Gasteiger partial charge in [-0.05, 0) is 25.7 Å². The summed E-state index contributed by atoms with van der Waals surface area (Å²) < 4.78 is 0. The highest BCUT2D eigenvalue weighted by Gasteiger charge is 2.30. The largest absolute Gasteiger partial charge is 0.379 e. The van der Waals surface area contributed by atoms with Crippen LogP contribution in [0.25, 0.3) is 0 Å². The van der Waals surface area contributed by atoms with Gasteiger partial charge < -0.3 is 10.0 Å². The number of amides is 1. The summed E-state index contributed by atoms with van der Waals surface area (Å²) in [4.78, 5) is 14.4. The molecule has 4 nitrogen and oxygen atoms in total. The molecule has 112 valence electrons. The summed E-state index contributed by atoms with van der Waals surface area (Å²) in [7, 11) is 0. The number of carbonyl (C=O) groups excluding carboxylic acids is 1. The second-order valence-corrected chi connectivity index (χ2v) is 5.55. The van der Waals surface area contributed by atoms with Crippen LogP contribution in [-0.2, 0) is 4.79 Å². The zero-order chi connectivity index (χ0) is 14.1. The van der Waals surface area contributed by atoms with Crippen LogP contribution in [0.4, 0.5) is 0 Å². The molecule has 1 unspecified atom stereocenters. The molecule has 0 aromatic carbocycles. The van der Waals surface area contributed by atoms with E-state index in [1.54, 1.807) is 0 Å². The standard InChI is InChI=1S/C15H30N2O2/c1-3-5-7-11-17(12-8-6-4-2)15(19)13-9-10-14(18)16-13/h13-14,16,18H,3-12H2,1-2H3/t13-,14?/m0/s1. The molecule has 0 radical (unpaired) electrons. The van der Waals surface area contributed by atoms with Crippen LogP contribution in [-0.4, -0.2) is 41.3 Å². The Balaban J connectivity index is 2.42. The number of unbranched alkanes of at least 4 members (excludes halogenated alkanes) is 4. The smallest absolute Gasteiger partial charge is 0.239 e. The van der Waals surface area contributed by atoms with Crippen molar-refractivity contribution in [2.24, 2.45) is 0 Å². The van der Waals surface area contributed by atoms with Crippen molar-refractivity contribution in [2.75, 3.05) is 13.1 Å². The molecule has 0 aliphatic carbocycles. The molecule has 2 N–H and O–H groups in total. The van der Waals surface area contributed by atoms with Gasteiger partial charge in [-0.15, -0.1) is 0 Å². The van der Waals surface area contributed by atoms with E-state index in [-0.39, 0.29) is 11.9 Å². The summed E-state index contributed by atoms with van der Waals surface area (Å²) in [6.07, 6.45) is 7.84. The van der Waals surface area contributed by atoms with Gasteiger partial charge in [0, 0.05) is 13.1 Å². The topological polar surface area (TPSA) is 52.6 Å². The molecular formula is C15H30N2O2. The van der Waals surface area contributed by atoms with E-state index in [1.165, 1.54) is 25.7 Å². The minimum atomic E-state index is -0.498. The Morgan fingerprint density at radius 3 is 2.11 bits per heavy atom. The van der Waals surface area contributed by atoms with Crippen molar-refractivity contribution in [3.8, 4) is 0 Å². The maximum absolute atomic E-state index is 12.4. The normalized spacial score (nSPS) is 22.7. The molecule has 1 amide bonds. The number of nitrogens with zero attached hydrogens (tertiary/aromatic N) is 1. The number of hydrogen-bond acceptors (Lipinski definition) is 3. The van der Waals surface area contributed by atoms with E-state index >= 15 is 0 Å². The van der Waals surface area contributed by atoms with Crippen molar-refractivity contribution in [3.63, 3.8) is 0 Å². The maximum atomic E-state index is 12.4. The lowest BCUT2D eigenvalue weighted by Crippen LogP contribution is -2.46. The van der Waals surface area contributed by atoms with Gasteiger partial charge in [-0.3, -0.25) is 10.1 Å². The predicted molar refractivity (Wildman–Crippen MR) is 77.8 cm³/mol. The quantitative estimate of drug-likeness (QED) is 0.632. The van der Waals surface area contributed by atoms with Crippen molar-refractivity contribution in [1.29, 1.82) is 0 Å². The van der Waals surface area contributed by atoms with E-state index in [0.717, 1.165) is 32.4 Å². The SMILES string of the molecule is CCCCCN(CCCCC)C(=O)[C@@H]1CCC(O)N1. The first-order valence-electron chi connectivity index (χ1n) is 7.92. The molecule has 0 bridgehead atoms. The van der Waals surface area contributed by atoms with Gasteiger partial charge in [0.25, 0.3) is 0 Å². The first-order chi connectivity index (χ1) is 9.19. The highest BCUT2D eigenvalue weighted by Crippen LogP contribution is 2.14. The van der Waals surface area contributed by atoms with Crippen molar-refractivity contribution in [1.82, 2.24) is 10.2 Å². The van der Waals surface area contributed by atoms with Crippen molar-refractivity contribution in [3.05, 3.63) is 0 Å². The number of aliphatic hydroxyl groups excluding tert-OH is 1. The second kappa shape index (κ2) is 9.32.